The van der Waals surface area contributed by atoms with E-state index >= 15 is 0 Å². The molecule has 0 bridgehead atoms. The third-order valence-corrected chi connectivity index (χ3v) is 4.46. The van der Waals surface area contributed by atoms with E-state index in [1.165, 1.54) is 12.8 Å². The van der Waals surface area contributed by atoms with Crippen molar-refractivity contribution in [3.05, 3.63) is 0 Å². The van der Waals surface area contributed by atoms with Crippen LogP contribution in [0, 0.1) is 17.8 Å². The fourth-order valence-electron chi connectivity index (χ4n) is 2.72. The number of rotatable bonds is 16. The second-order valence-electron chi connectivity index (χ2n) is 8.43. The highest BCUT2D eigenvalue weighted by Gasteiger charge is 2.09. The quantitative estimate of drug-likeness (QED) is 0.250. The molecule has 0 radical (unpaired) electrons. The van der Waals surface area contributed by atoms with Gasteiger partial charge in [-0.1, -0.05) is 60.3 Å². The molecule has 154 valence electrons. The first-order chi connectivity index (χ1) is 12.3. The molecule has 1 atom stereocenters. The van der Waals surface area contributed by atoms with E-state index in [2.05, 4.69) is 34.6 Å². The highest BCUT2D eigenvalue weighted by atomic mass is 16.5. The summed E-state index contributed by atoms with van der Waals surface area (Å²) in [7, 11) is 0. The van der Waals surface area contributed by atoms with E-state index in [-0.39, 0.29) is 11.9 Å². The standard InChI is InChI=1S/C22H42O4/c1-18(2)11-6-8-14-21(23)25-16-10-13-20(5)17-26-22(24)15-9-7-12-19(3)4/h18-20H,6-17H2,1-5H3. The SMILES string of the molecule is CC(C)CCCCC(=O)OCCCC(C)COC(=O)CCCCC(C)C. The van der Waals surface area contributed by atoms with Gasteiger partial charge in [0.2, 0.25) is 0 Å². The maximum Gasteiger partial charge on any atom is 0.305 e. The Labute approximate surface area is 161 Å². The van der Waals surface area contributed by atoms with Crippen LogP contribution in [0.1, 0.15) is 98.8 Å². The molecule has 0 aromatic heterocycles. The van der Waals surface area contributed by atoms with Crippen molar-refractivity contribution in [3.63, 3.8) is 0 Å². The van der Waals surface area contributed by atoms with Crippen LogP contribution in [0.15, 0.2) is 0 Å². The first kappa shape index (κ1) is 24.9. The van der Waals surface area contributed by atoms with Crippen molar-refractivity contribution >= 4 is 11.9 Å². The summed E-state index contributed by atoms with van der Waals surface area (Å²) >= 11 is 0. The van der Waals surface area contributed by atoms with Crippen molar-refractivity contribution in [1.29, 1.82) is 0 Å². The van der Waals surface area contributed by atoms with Crippen molar-refractivity contribution < 1.29 is 19.1 Å². The normalized spacial score (nSPS) is 12.4. The van der Waals surface area contributed by atoms with E-state index in [1.54, 1.807) is 0 Å². The molecule has 1 unspecified atom stereocenters. The lowest BCUT2D eigenvalue weighted by Crippen LogP contribution is -2.13. The Morgan fingerprint density at radius 2 is 1.15 bits per heavy atom. The Balaban J connectivity index is 3.51. The molecule has 0 aliphatic rings. The molecule has 0 saturated carbocycles. The zero-order chi connectivity index (χ0) is 19.8. The number of esters is 2. The van der Waals surface area contributed by atoms with Gasteiger partial charge in [0, 0.05) is 12.8 Å². The Kier molecular flexibility index (Phi) is 15.5. The van der Waals surface area contributed by atoms with Crippen LogP contribution in [0.25, 0.3) is 0 Å². The third kappa shape index (κ3) is 17.8. The molecule has 0 aromatic carbocycles. The lowest BCUT2D eigenvalue weighted by Gasteiger charge is -2.12. The van der Waals surface area contributed by atoms with Crippen molar-refractivity contribution in [3.8, 4) is 0 Å². The lowest BCUT2D eigenvalue weighted by atomic mass is 10.1. The molecule has 0 N–H and O–H groups in total. The summed E-state index contributed by atoms with van der Waals surface area (Å²) in [6.45, 7) is 11.8. The van der Waals surface area contributed by atoms with Gasteiger partial charge in [-0.3, -0.25) is 9.59 Å². The molecule has 0 fully saturated rings. The number of carbonyl (C=O) groups is 2. The monoisotopic (exact) mass is 370 g/mol. The Morgan fingerprint density at radius 3 is 1.65 bits per heavy atom. The molecule has 4 nitrogen and oxygen atoms in total. The lowest BCUT2D eigenvalue weighted by molar-refractivity contribution is -0.145. The predicted octanol–water partition coefficient (Wildman–Crippen LogP) is 5.92. The molecule has 4 heteroatoms. The minimum absolute atomic E-state index is 0.0887. The largest absolute Gasteiger partial charge is 0.466 e. The van der Waals surface area contributed by atoms with Crippen molar-refractivity contribution in [2.75, 3.05) is 13.2 Å². The van der Waals surface area contributed by atoms with Crippen LogP contribution in [0.4, 0.5) is 0 Å². The number of hydrogen-bond acceptors (Lipinski definition) is 4. The second-order valence-corrected chi connectivity index (χ2v) is 8.43. The van der Waals surface area contributed by atoms with E-state index in [1.807, 2.05) is 0 Å². The molecule has 0 rings (SSSR count). The van der Waals surface area contributed by atoms with Crippen LogP contribution in [-0.4, -0.2) is 25.2 Å². The number of carbonyl (C=O) groups excluding carboxylic acids is 2. The van der Waals surface area contributed by atoms with E-state index < -0.39 is 0 Å². The molecule has 0 aliphatic heterocycles. The molecule has 0 saturated heterocycles. The van der Waals surface area contributed by atoms with Crippen molar-refractivity contribution in [2.24, 2.45) is 17.8 Å². The predicted molar refractivity (Wildman–Crippen MR) is 107 cm³/mol. The third-order valence-electron chi connectivity index (χ3n) is 4.46. The van der Waals surface area contributed by atoms with Gasteiger partial charge in [-0.05, 0) is 43.4 Å². The van der Waals surface area contributed by atoms with Crippen LogP contribution >= 0.6 is 0 Å². The van der Waals surface area contributed by atoms with Crippen LogP contribution < -0.4 is 0 Å². The summed E-state index contributed by atoms with van der Waals surface area (Å²) in [5, 5.41) is 0. The van der Waals surface area contributed by atoms with Crippen LogP contribution in [0.5, 0.6) is 0 Å². The summed E-state index contributed by atoms with van der Waals surface area (Å²) in [6, 6.07) is 0. The van der Waals surface area contributed by atoms with Crippen LogP contribution in [0.3, 0.4) is 0 Å². The molecule has 0 aromatic rings. The van der Waals surface area contributed by atoms with E-state index in [0.29, 0.717) is 43.8 Å². The maximum absolute atomic E-state index is 11.7. The van der Waals surface area contributed by atoms with Gasteiger partial charge in [-0.25, -0.2) is 0 Å². The van der Waals surface area contributed by atoms with Gasteiger partial charge in [0.25, 0.3) is 0 Å². The molecule has 26 heavy (non-hydrogen) atoms. The fraction of sp³-hybridized carbons (Fsp3) is 0.909. The first-order valence-electron chi connectivity index (χ1n) is 10.6. The zero-order valence-electron chi connectivity index (χ0n) is 17.9. The summed E-state index contributed by atoms with van der Waals surface area (Å²) in [6.07, 6.45) is 9.12. The number of ether oxygens (including phenoxy) is 2. The molecule has 0 heterocycles. The molecular weight excluding hydrogens is 328 g/mol. The molecular formula is C22H42O4. The molecule has 0 spiro atoms. The fourth-order valence-corrected chi connectivity index (χ4v) is 2.72. The average Bonchev–Trinajstić information content (AvgIpc) is 2.57. The Hall–Kier alpha value is -1.06. The van der Waals surface area contributed by atoms with Gasteiger partial charge >= 0.3 is 11.9 Å². The Bertz CT molecular complexity index is 363. The van der Waals surface area contributed by atoms with E-state index in [4.69, 9.17) is 9.47 Å². The summed E-state index contributed by atoms with van der Waals surface area (Å²) in [5.41, 5.74) is 0. The number of hydrogen-bond donors (Lipinski definition) is 0. The minimum Gasteiger partial charge on any atom is -0.466 e. The average molecular weight is 371 g/mol. The van der Waals surface area contributed by atoms with E-state index in [0.717, 1.165) is 38.5 Å². The van der Waals surface area contributed by atoms with Gasteiger partial charge in [-0.2, -0.15) is 0 Å². The molecule has 0 amide bonds. The minimum atomic E-state index is -0.0894. The highest BCUT2D eigenvalue weighted by molar-refractivity contribution is 5.69. The number of unbranched alkanes of at least 4 members (excludes halogenated alkanes) is 2. The van der Waals surface area contributed by atoms with Gasteiger partial charge in [0.1, 0.15) is 0 Å². The van der Waals surface area contributed by atoms with Gasteiger partial charge in [-0.15, -0.1) is 0 Å². The Morgan fingerprint density at radius 1 is 0.654 bits per heavy atom. The first-order valence-corrected chi connectivity index (χ1v) is 10.6. The zero-order valence-corrected chi connectivity index (χ0v) is 17.9. The van der Waals surface area contributed by atoms with Crippen molar-refractivity contribution in [2.45, 2.75) is 98.8 Å². The smallest absolute Gasteiger partial charge is 0.305 e. The molecule has 0 aliphatic carbocycles. The van der Waals surface area contributed by atoms with Crippen LogP contribution in [0.2, 0.25) is 0 Å². The topological polar surface area (TPSA) is 52.6 Å². The van der Waals surface area contributed by atoms with Crippen molar-refractivity contribution in [1.82, 2.24) is 0 Å². The summed E-state index contributed by atoms with van der Waals surface area (Å²) in [5.74, 6) is 1.52. The second kappa shape index (κ2) is 16.1. The van der Waals surface area contributed by atoms with Gasteiger partial charge < -0.3 is 9.47 Å². The summed E-state index contributed by atoms with van der Waals surface area (Å²) in [4.78, 5) is 23.3. The van der Waals surface area contributed by atoms with Crippen LogP contribution in [-0.2, 0) is 19.1 Å². The van der Waals surface area contributed by atoms with Gasteiger partial charge in [0.05, 0.1) is 13.2 Å². The summed E-state index contributed by atoms with van der Waals surface area (Å²) < 4.78 is 10.6. The highest BCUT2D eigenvalue weighted by Crippen LogP contribution is 2.11. The van der Waals surface area contributed by atoms with Gasteiger partial charge in [0.15, 0.2) is 0 Å². The van der Waals surface area contributed by atoms with E-state index in [9.17, 15) is 9.59 Å². The maximum atomic E-state index is 11.7.